The van der Waals surface area contributed by atoms with E-state index in [0.717, 1.165) is 5.56 Å². The number of rotatable bonds is 5. The maximum absolute atomic E-state index is 13.0. The molecule has 0 bridgehead atoms. The molecule has 0 atom stereocenters. The smallest absolute Gasteiger partial charge is 0.274 e. The number of hydrogen-bond acceptors (Lipinski definition) is 6. The van der Waals surface area contributed by atoms with Crippen molar-refractivity contribution in [3.8, 4) is 11.5 Å². The Kier molecular flexibility index (Phi) is 5.52. The first kappa shape index (κ1) is 17.9. The molecule has 1 aliphatic heterocycles. The molecule has 0 aliphatic carbocycles. The van der Waals surface area contributed by atoms with Crippen LogP contribution in [0.2, 0.25) is 0 Å². The third-order valence-corrected chi connectivity index (χ3v) is 4.08. The maximum atomic E-state index is 13.0. The molecule has 0 spiro atoms. The van der Waals surface area contributed by atoms with Crippen molar-refractivity contribution in [2.45, 2.75) is 6.54 Å². The van der Waals surface area contributed by atoms with Gasteiger partial charge in [-0.3, -0.25) is 4.79 Å². The zero-order chi connectivity index (χ0) is 18.5. The van der Waals surface area contributed by atoms with Crippen molar-refractivity contribution in [3.63, 3.8) is 0 Å². The highest BCUT2D eigenvalue weighted by molar-refractivity contribution is 5.96. The minimum Gasteiger partial charge on any atom is -0.503 e. The van der Waals surface area contributed by atoms with Crippen molar-refractivity contribution < 1.29 is 23.8 Å². The van der Waals surface area contributed by atoms with E-state index in [4.69, 9.17) is 9.47 Å². The summed E-state index contributed by atoms with van der Waals surface area (Å²) >= 11 is 0. The highest BCUT2D eigenvalue weighted by Gasteiger charge is 2.22. The van der Waals surface area contributed by atoms with Crippen LogP contribution in [0.3, 0.4) is 0 Å². The Labute approximate surface area is 150 Å². The number of carbonyl (C=O) groups is 1. The minimum atomic E-state index is -0.541. The predicted octanol–water partition coefficient (Wildman–Crippen LogP) is 1.70. The molecule has 0 radical (unpaired) electrons. The second kappa shape index (κ2) is 8.01. The van der Waals surface area contributed by atoms with E-state index in [1.165, 1.54) is 19.2 Å². The van der Waals surface area contributed by atoms with E-state index in [9.17, 15) is 14.3 Å². The molecule has 2 N–H and O–H groups in total. The van der Waals surface area contributed by atoms with Gasteiger partial charge in [-0.2, -0.15) is 0 Å². The first-order valence-electron chi connectivity index (χ1n) is 8.22. The van der Waals surface area contributed by atoms with Crippen molar-refractivity contribution in [2.24, 2.45) is 0 Å². The molecular formula is C18H20FN3O4. The van der Waals surface area contributed by atoms with Gasteiger partial charge >= 0.3 is 0 Å². The number of nitrogens with one attached hydrogen (secondary N) is 1. The Morgan fingerprint density at radius 1 is 1.35 bits per heavy atom. The summed E-state index contributed by atoms with van der Waals surface area (Å²) in [6, 6.07) is 7.39. The molecule has 7 nitrogen and oxygen atoms in total. The van der Waals surface area contributed by atoms with Crippen LogP contribution in [-0.2, 0) is 11.3 Å². The topological polar surface area (TPSA) is 83.9 Å². The van der Waals surface area contributed by atoms with Gasteiger partial charge in [-0.05, 0) is 17.7 Å². The molecule has 1 amide bonds. The number of anilines is 1. The number of halogens is 1. The third kappa shape index (κ3) is 4.02. The summed E-state index contributed by atoms with van der Waals surface area (Å²) in [5.74, 6) is -0.494. The van der Waals surface area contributed by atoms with E-state index in [1.54, 1.807) is 18.2 Å². The van der Waals surface area contributed by atoms with Crippen LogP contribution in [0, 0.1) is 5.82 Å². The molecule has 26 heavy (non-hydrogen) atoms. The van der Waals surface area contributed by atoms with E-state index in [0.29, 0.717) is 32.1 Å². The number of methoxy groups -OCH3 is 1. The van der Waals surface area contributed by atoms with E-state index in [1.807, 2.05) is 4.90 Å². The third-order valence-electron chi connectivity index (χ3n) is 4.08. The lowest BCUT2D eigenvalue weighted by Gasteiger charge is -2.28. The minimum absolute atomic E-state index is 0.118. The molecule has 2 heterocycles. The van der Waals surface area contributed by atoms with Crippen LogP contribution in [0.4, 0.5) is 10.2 Å². The number of amides is 1. The Balaban J connectivity index is 1.80. The molecule has 1 fully saturated rings. The van der Waals surface area contributed by atoms with Gasteiger partial charge in [0, 0.05) is 25.7 Å². The van der Waals surface area contributed by atoms with E-state index < -0.39 is 5.91 Å². The Hall–Kier alpha value is -2.87. The largest absolute Gasteiger partial charge is 0.503 e. The van der Waals surface area contributed by atoms with Crippen molar-refractivity contribution in [2.75, 3.05) is 38.3 Å². The molecule has 1 saturated heterocycles. The fourth-order valence-electron chi connectivity index (χ4n) is 2.64. The number of pyridine rings is 1. The number of aromatic hydroxyl groups is 1. The SMILES string of the molecule is COc1cc(N2CCOCC2)nc(C(=O)NCc2ccc(F)cc2)c1O. The van der Waals surface area contributed by atoms with Gasteiger partial charge in [0.2, 0.25) is 0 Å². The lowest BCUT2D eigenvalue weighted by Crippen LogP contribution is -2.37. The molecule has 1 aromatic carbocycles. The Morgan fingerprint density at radius 3 is 2.69 bits per heavy atom. The molecule has 8 heteroatoms. The quantitative estimate of drug-likeness (QED) is 0.843. The highest BCUT2D eigenvalue weighted by atomic mass is 19.1. The molecule has 1 aromatic heterocycles. The molecule has 138 valence electrons. The van der Waals surface area contributed by atoms with Crippen molar-refractivity contribution in [3.05, 3.63) is 47.4 Å². The lowest BCUT2D eigenvalue weighted by molar-refractivity contribution is 0.0942. The number of hydrogen-bond donors (Lipinski definition) is 2. The zero-order valence-corrected chi connectivity index (χ0v) is 14.4. The van der Waals surface area contributed by atoms with E-state index in [2.05, 4.69) is 10.3 Å². The number of carbonyl (C=O) groups excluding carboxylic acids is 1. The second-order valence-electron chi connectivity index (χ2n) is 5.79. The molecule has 2 aromatic rings. The molecule has 1 aliphatic rings. The molecule has 0 unspecified atom stereocenters. The first-order valence-corrected chi connectivity index (χ1v) is 8.22. The summed E-state index contributed by atoms with van der Waals surface area (Å²) in [5, 5.41) is 12.9. The van der Waals surface area contributed by atoms with Crippen LogP contribution in [0.5, 0.6) is 11.5 Å². The van der Waals surface area contributed by atoms with Crippen LogP contribution in [0.1, 0.15) is 16.1 Å². The summed E-state index contributed by atoms with van der Waals surface area (Å²) in [4.78, 5) is 18.8. The van der Waals surface area contributed by atoms with Crippen molar-refractivity contribution in [1.82, 2.24) is 10.3 Å². The fraction of sp³-hybridized carbons (Fsp3) is 0.333. The van der Waals surface area contributed by atoms with E-state index >= 15 is 0 Å². The lowest BCUT2D eigenvalue weighted by atomic mass is 10.2. The number of morpholine rings is 1. The number of benzene rings is 1. The van der Waals surface area contributed by atoms with Crippen LogP contribution in [0.25, 0.3) is 0 Å². The number of ether oxygens (including phenoxy) is 2. The highest BCUT2D eigenvalue weighted by Crippen LogP contribution is 2.32. The van der Waals surface area contributed by atoms with Gasteiger partial charge in [-0.25, -0.2) is 9.37 Å². The second-order valence-corrected chi connectivity index (χ2v) is 5.79. The Bertz CT molecular complexity index is 777. The maximum Gasteiger partial charge on any atom is 0.274 e. The molecule has 3 rings (SSSR count). The summed E-state index contributed by atoms with van der Waals surface area (Å²) in [6.45, 7) is 2.59. The van der Waals surface area contributed by atoms with Crippen LogP contribution in [-0.4, -0.2) is 49.4 Å². The van der Waals surface area contributed by atoms with Crippen molar-refractivity contribution >= 4 is 11.7 Å². The summed E-state index contributed by atoms with van der Waals surface area (Å²) in [6.07, 6.45) is 0. The fourth-order valence-corrected chi connectivity index (χ4v) is 2.64. The molecular weight excluding hydrogens is 341 g/mol. The zero-order valence-electron chi connectivity index (χ0n) is 14.4. The summed E-state index contributed by atoms with van der Waals surface area (Å²) in [5.41, 5.74) is 0.614. The van der Waals surface area contributed by atoms with Gasteiger partial charge in [0.25, 0.3) is 5.91 Å². The van der Waals surface area contributed by atoms with E-state index in [-0.39, 0.29) is 29.6 Å². The average molecular weight is 361 g/mol. The van der Waals surface area contributed by atoms with Crippen LogP contribution in [0.15, 0.2) is 30.3 Å². The first-order chi connectivity index (χ1) is 12.6. The van der Waals surface area contributed by atoms with Gasteiger partial charge < -0.3 is 24.8 Å². The van der Waals surface area contributed by atoms with Gasteiger partial charge in [0.15, 0.2) is 17.2 Å². The predicted molar refractivity (Wildman–Crippen MR) is 93.1 cm³/mol. The van der Waals surface area contributed by atoms with Gasteiger partial charge in [0.1, 0.15) is 11.6 Å². The number of nitrogens with zero attached hydrogens (tertiary/aromatic N) is 2. The van der Waals surface area contributed by atoms with Crippen LogP contribution >= 0.6 is 0 Å². The Morgan fingerprint density at radius 2 is 2.04 bits per heavy atom. The summed E-state index contributed by atoms with van der Waals surface area (Å²) < 4.78 is 23.4. The van der Waals surface area contributed by atoms with Gasteiger partial charge in [-0.1, -0.05) is 12.1 Å². The van der Waals surface area contributed by atoms with Gasteiger partial charge in [0.05, 0.1) is 20.3 Å². The summed E-state index contributed by atoms with van der Waals surface area (Å²) in [7, 11) is 1.42. The molecule has 0 saturated carbocycles. The average Bonchev–Trinajstić information content (AvgIpc) is 2.68. The normalized spacial score (nSPS) is 14.2. The standard InChI is InChI=1S/C18H20FN3O4/c1-25-14-10-15(22-6-8-26-9-7-22)21-16(17(14)23)18(24)20-11-12-2-4-13(19)5-3-12/h2-5,10,23H,6-9,11H2,1H3,(H,20,24). The van der Waals surface area contributed by atoms with Crippen molar-refractivity contribution in [1.29, 1.82) is 0 Å². The van der Waals surface area contributed by atoms with Crippen LogP contribution < -0.4 is 15.0 Å². The van der Waals surface area contributed by atoms with Gasteiger partial charge in [-0.15, -0.1) is 0 Å². The monoisotopic (exact) mass is 361 g/mol. The number of aromatic nitrogens is 1.